The van der Waals surface area contributed by atoms with E-state index in [-0.39, 0.29) is 5.69 Å². The summed E-state index contributed by atoms with van der Waals surface area (Å²) in [5.41, 5.74) is -1.42. The molecule has 1 aromatic heterocycles. The zero-order valence-electron chi connectivity index (χ0n) is 9.10. The second-order valence-corrected chi connectivity index (χ2v) is 4.34. The van der Waals surface area contributed by atoms with Crippen molar-refractivity contribution in [1.82, 2.24) is 9.97 Å². The Kier molecular flexibility index (Phi) is 1.97. The van der Waals surface area contributed by atoms with Crippen molar-refractivity contribution in [3.8, 4) is 0 Å². The van der Waals surface area contributed by atoms with Gasteiger partial charge in [-0.1, -0.05) is 12.1 Å². The van der Waals surface area contributed by atoms with Gasteiger partial charge in [-0.05, 0) is 12.1 Å². The summed E-state index contributed by atoms with van der Waals surface area (Å²) in [4.78, 5) is 19.1. The fourth-order valence-electron chi connectivity index (χ4n) is 2.07. The van der Waals surface area contributed by atoms with E-state index in [0.717, 1.165) is 6.20 Å². The van der Waals surface area contributed by atoms with Crippen molar-refractivity contribution in [2.24, 2.45) is 0 Å². The monoisotopic (exact) mass is 250 g/mol. The maximum atomic E-state index is 13.3. The molecular formula is C12H8F2N2O2. The number of carboxylic acid groups (broad SMARTS) is 1. The molecule has 0 aliphatic heterocycles. The van der Waals surface area contributed by atoms with E-state index in [1.54, 1.807) is 24.3 Å². The minimum atomic E-state index is -3.25. The van der Waals surface area contributed by atoms with Crippen molar-refractivity contribution < 1.29 is 18.7 Å². The van der Waals surface area contributed by atoms with Crippen LogP contribution >= 0.6 is 0 Å². The molecule has 1 aliphatic carbocycles. The third-order valence-electron chi connectivity index (χ3n) is 3.24. The number of aromatic nitrogens is 2. The summed E-state index contributed by atoms with van der Waals surface area (Å²) in [7, 11) is 0. The smallest absolute Gasteiger partial charge is 0.322 e. The normalized spacial score (nSPS) is 25.0. The molecule has 2 aromatic rings. The van der Waals surface area contributed by atoms with Gasteiger partial charge in [0.25, 0.3) is 5.92 Å². The highest BCUT2D eigenvalue weighted by molar-refractivity contribution is 5.87. The lowest BCUT2D eigenvalue weighted by Gasteiger charge is -2.10. The van der Waals surface area contributed by atoms with E-state index < -0.39 is 23.7 Å². The number of para-hydroxylation sites is 2. The molecule has 1 aromatic carbocycles. The highest BCUT2D eigenvalue weighted by Gasteiger charge is 2.78. The maximum Gasteiger partial charge on any atom is 0.322 e. The van der Waals surface area contributed by atoms with E-state index in [1.807, 2.05) is 0 Å². The minimum Gasteiger partial charge on any atom is -0.480 e. The van der Waals surface area contributed by atoms with Gasteiger partial charge in [0.2, 0.25) is 0 Å². The Morgan fingerprint density at radius 1 is 1.28 bits per heavy atom. The van der Waals surface area contributed by atoms with E-state index >= 15 is 0 Å². The molecule has 0 amide bonds. The number of hydrogen-bond acceptors (Lipinski definition) is 3. The highest BCUT2D eigenvalue weighted by Crippen LogP contribution is 2.61. The molecule has 1 aliphatic rings. The van der Waals surface area contributed by atoms with E-state index in [4.69, 9.17) is 5.11 Å². The van der Waals surface area contributed by atoms with Crippen molar-refractivity contribution in [3.05, 3.63) is 36.2 Å². The summed E-state index contributed by atoms with van der Waals surface area (Å²) >= 11 is 0. The van der Waals surface area contributed by atoms with Crippen LogP contribution in [-0.4, -0.2) is 27.0 Å². The van der Waals surface area contributed by atoms with E-state index in [1.165, 1.54) is 0 Å². The number of rotatable bonds is 2. The summed E-state index contributed by atoms with van der Waals surface area (Å²) < 4.78 is 26.7. The van der Waals surface area contributed by atoms with Crippen molar-refractivity contribution in [2.75, 3.05) is 0 Å². The van der Waals surface area contributed by atoms with Crippen LogP contribution in [0.2, 0.25) is 0 Å². The van der Waals surface area contributed by atoms with Crippen LogP contribution in [0.5, 0.6) is 0 Å². The van der Waals surface area contributed by atoms with Gasteiger partial charge in [0.15, 0.2) is 5.41 Å². The van der Waals surface area contributed by atoms with Crippen LogP contribution in [0, 0.1) is 0 Å². The molecule has 0 radical (unpaired) electrons. The first-order valence-electron chi connectivity index (χ1n) is 5.31. The van der Waals surface area contributed by atoms with Crippen LogP contribution in [0.25, 0.3) is 11.0 Å². The average Bonchev–Trinajstić information content (AvgIpc) is 2.93. The molecule has 1 N–H and O–H groups in total. The Labute approximate surface area is 100 Å². The van der Waals surface area contributed by atoms with Crippen LogP contribution in [-0.2, 0) is 10.2 Å². The second-order valence-electron chi connectivity index (χ2n) is 4.34. The summed E-state index contributed by atoms with van der Waals surface area (Å²) in [6.45, 7) is 0. The number of carbonyl (C=O) groups is 1. The predicted molar refractivity (Wildman–Crippen MR) is 58.4 cm³/mol. The second kappa shape index (κ2) is 3.22. The number of halogens is 2. The molecule has 0 bridgehead atoms. The fraction of sp³-hybridized carbons (Fsp3) is 0.250. The van der Waals surface area contributed by atoms with Crippen LogP contribution < -0.4 is 0 Å². The molecule has 18 heavy (non-hydrogen) atoms. The number of hydrogen-bond donors (Lipinski definition) is 1. The zero-order valence-corrected chi connectivity index (χ0v) is 9.10. The van der Waals surface area contributed by atoms with E-state index in [9.17, 15) is 13.6 Å². The topological polar surface area (TPSA) is 63.1 Å². The van der Waals surface area contributed by atoms with Gasteiger partial charge in [-0.2, -0.15) is 0 Å². The van der Waals surface area contributed by atoms with E-state index in [0.29, 0.717) is 11.0 Å². The Hall–Kier alpha value is -2.11. The Morgan fingerprint density at radius 3 is 2.44 bits per heavy atom. The van der Waals surface area contributed by atoms with Crippen LogP contribution in [0.4, 0.5) is 8.78 Å². The number of nitrogens with zero attached hydrogens (tertiary/aromatic N) is 2. The number of fused-ring (bicyclic) bond motifs is 1. The highest BCUT2D eigenvalue weighted by atomic mass is 19.3. The Bertz CT molecular complexity index is 659. The van der Waals surface area contributed by atoms with Gasteiger partial charge in [-0.25, -0.2) is 13.8 Å². The van der Waals surface area contributed by atoms with Gasteiger partial charge in [0, 0.05) is 6.42 Å². The molecule has 1 fully saturated rings. The SMILES string of the molecule is O=C(O)C1(c2cnc3ccccc3n2)CC1(F)F. The lowest BCUT2D eigenvalue weighted by molar-refractivity contribution is -0.143. The van der Waals surface area contributed by atoms with Crippen molar-refractivity contribution in [3.63, 3.8) is 0 Å². The largest absolute Gasteiger partial charge is 0.480 e. The molecule has 1 atom stereocenters. The predicted octanol–water partition coefficient (Wildman–Crippen LogP) is 1.99. The molecule has 6 heteroatoms. The van der Waals surface area contributed by atoms with Gasteiger partial charge in [-0.15, -0.1) is 0 Å². The summed E-state index contributed by atoms with van der Waals surface area (Å²) in [5.74, 6) is -4.81. The number of aliphatic carboxylic acids is 1. The van der Waals surface area contributed by atoms with E-state index in [2.05, 4.69) is 9.97 Å². The van der Waals surface area contributed by atoms with Gasteiger partial charge in [0.1, 0.15) is 0 Å². The standard InChI is InChI=1S/C12H8F2N2O2/c13-12(14)6-11(12,10(17)18)9-5-15-7-3-1-2-4-8(7)16-9/h1-5H,6H2,(H,17,18). The average molecular weight is 250 g/mol. The number of alkyl halides is 2. The number of benzene rings is 1. The van der Waals surface area contributed by atoms with Crippen molar-refractivity contribution >= 4 is 17.0 Å². The lowest BCUT2D eigenvalue weighted by atomic mass is 10.0. The number of carboxylic acids is 1. The van der Waals surface area contributed by atoms with Crippen LogP contribution in [0.3, 0.4) is 0 Å². The van der Waals surface area contributed by atoms with Gasteiger partial charge >= 0.3 is 5.97 Å². The van der Waals surface area contributed by atoms with Gasteiger partial charge in [-0.3, -0.25) is 9.78 Å². The molecule has 0 saturated heterocycles. The summed E-state index contributed by atoms with van der Waals surface area (Å²) in [6.07, 6.45) is 0.402. The maximum absolute atomic E-state index is 13.3. The molecule has 1 unspecified atom stereocenters. The molecule has 1 heterocycles. The third-order valence-corrected chi connectivity index (χ3v) is 3.24. The fourth-order valence-corrected chi connectivity index (χ4v) is 2.07. The minimum absolute atomic E-state index is 0.182. The lowest BCUT2D eigenvalue weighted by Crippen LogP contribution is -2.28. The van der Waals surface area contributed by atoms with Crippen LogP contribution in [0.1, 0.15) is 12.1 Å². The molecule has 3 rings (SSSR count). The first-order chi connectivity index (χ1) is 8.47. The first kappa shape index (κ1) is 11.0. The molecule has 4 nitrogen and oxygen atoms in total. The summed E-state index contributed by atoms with van der Waals surface area (Å²) in [5, 5.41) is 9.02. The first-order valence-corrected chi connectivity index (χ1v) is 5.31. The molecule has 92 valence electrons. The molecular weight excluding hydrogens is 242 g/mol. The summed E-state index contributed by atoms with van der Waals surface area (Å²) in [6, 6.07) is 6.74. The molecule has 0 spiro atoms. The van der Waals surface area contributed by atoms with Crippen molar-refractivity contribution in [1.29, 1.82) is 0 Å². The van der Waals surface area contributed by atoms with Crippen molar-refractivity contribution in [2.45, 2.75) is 17.8 Å². The zero-order chi connectivity index (χ0) is 13.0. The Morgan fingerprint density at radius 2 is 1.89 bits per heavy atom. The van der Waals surface area contributed by atoms with Crippen LogP contribution in [0.15, 0.2) is 30.5 Å². The van der Waals surface area contributed by atoms with Gasteiger partial charge < -0.3 is 5.11 Å². The molecule has 1 saturated carbocycles. The quantitative estimate of drug-likeness (QED) is 0.885. The van der Waals surface area contributed by atoms with Gasteiger partial charge in [0.05, 0.1) is 22.9 Å². The third kappa shape index (κ3) is 1.25. The Balaban J connectivity index is 2.18.